The Hall–Kier alpha value is -2.35. The van der Waals surface area contributed by atoms with Crippen LogP contribution in [-0.4, -0.2) is 34.7 Å². The van der Waals surface area contributed by atoms with E-state index >= 15 is 0 Å². The van der Waals surface area contributed by atoms with Crippen molar-refractivity contribution in [2.75, 3.05) is 6.61 Å². The van der Waals surface area contributed by atoms with E-state index in [-0.39, 0.29) is 17.4 Å². The molecule has 1 fully saturated rings. The number of imide groups is 1. The van der Waals surface area contributed by atoms with E-state index in [9.17, 15) is 14.7 Å². The lowest BCUT2D eigenvalue weighted by molar-refractivity contribution is -0.121. The molecule has 1 heterocycles. The van der Waals surface area contributed by atoms with Gasteiger partial charge in [-0.3, -0.25) is 10.1 Å². The van der Waals surface area contributed by atoms with Crippen LogP contribution in [0.3, 0.4) is 0 Å². The molecule has 4 N–H and O–H groups in total. The van der Waals surface area contributed by atoms with Crippen LogP contribution >= 0.6 is 0 Å². The largest absolute Gasteiger partial charge is 0.501 e. The number of ether oxygens (including phenoxy) is 2. The Labute approximate surface area is 140 Å². The van der Waals surface area contributed by atoms with Crippen molar-refractivity contribution in [1.29, 1.82) is 0 Å². The van der Waals surface area contributed by atoms with Gasteiger partial charge >= 0.3 is 6.09 Å². The third kappa shape index (κ3) is 5.09. The molecule has 8 nitrogen and oxygen atoms in total. The number of aromatic hydroxyl groups is 1. The van der Waals surface area contributed by atoms with Crippen LogP contribution in [0.4, 0.5) is 4.79 Å². The van der Waals surface area contributed by atoms with Crippen molar-refractivity contribution in [2.24, 2.45) is 11.7 Å². The van der Waals surface area contributed by atoms with Crippen LogP contribution in [0.25, 0.3) is 0 Å². The van der Waals surface area contributed by atoms with Crippen molar-refractivity contribution in [1.82, 2.24) is 10.3 Å². The standard InChI is InChI=1S/C16H23N3O5/c1-10(17)14(21)19-16(22)24-15-13(20)12(7-8-18-15)23-9-11-5-3-2-4-6-11/h7-8,10-11,20H,2-6,9,17H2,1H3,(H,19,21,22)/t10-/m0/s1. The number of rotatable bonds is 5. The first-order chi connectivity index (χ1) is 11.5. The van der Waals surface area contributed by atoms with Crippen LogP contribution in [0.15, 0.2) is 12.3 Å². The van der Waals surface area contributed by atoms with Crippen molar-refractivity contribution in [3.05, 3.63) is 12.3 Å². The van der Waals surface area contributed by atoms with Crippen LogP contribution in [0, 0.1) is 5.92 Å². The quantitative estimate of drug-likeness (QED) is 0.747. The van der Waals surface area contributed by atoms with E-state index in [2.05, 4.69) is 4.98 Å². The molecule has 0 radical (unpaired) electrons. The highest BCUT2D eigenvalue weighted by atomic mass is 16.6. The maximum absolute atomic E-state index is 11.6. The smallest absolute Gasteiger partial charge is 0.420 e. The molecule has 0 unspecified atom stereocenters. The molecule has 0 aromatic carbocycles. The number of carbonyl (C=O) groups excluding carboxylic acids is 2. The van der Waals surface area contributed by atoms with Crippen molar-refractivity contribution < 1.29 is 24.2 Å². The first kappa shape index (κ1) is 18.0. The molecule has 0 saturated heterocycles. The number of nitrogens with zero attached hydrogens (tertiary/aromatic N) is 1. The van der Waals surface area contributed by atoms with Gasteiger partial charge < -0.3 is 20.3 Å². The summed E-state index contributed by atoms with van der Waals surface area (Å²) in [5.74, 6) is -0.744. The normalized spacial score (nSPS) is 16.2. The van der Waals surface area contributed by atoms with Crippen molar-refractivity contribution in [2.45, 2.75) is 45.1 Å². The lowest BCUT2D eigenvalue weighted by Gasteiger charge is -2.21. The highest BCUT2D eigenvalue weighted by Gasteiger charge is 2.19. The number of aromatic nitrogens is 1. The van der Waals surface area contributed by atoms with Crippen LogP contribution in [0.5, 0.6) is 17.4 Å². The molecular formula is C16H23N3O5. The first-order valence-electron chi connectivity index (χ1n) is 8.06. The molecule has 0 spiro atoms. The maximum Gasteiger partial charge on any atom is 0.420 e. The Bertz CT molecular complexity index is 585. The van der Waals surface area contributed by atoms with Gasteiger partial charge in [-0.2, -0.15) is 0 Å². The Morgan fingerprint density at radius 3 is 2.79 bits per heavy atom. The van der Waals surface area contributed by atoms with Gasteiger partial charge in [0.2, 0.25) is 11.7 Å². The van der Waals surface area contributed by atoms with Crippen molar-refractivity contribution >= 4 is 12.0 Å². The summed E-state index contributed by atoms with van der Waals surface area (Å²) in [6.07, 6.45) is 6.14. The van der Waals surface area contributed by atoms with Gasteiger partial charge in [-0.05, 0) is 25.7 Å². The fourth-order valence-corrected chi connectivity index (χ4v) is 2.50. The van der Waals surface area contributed by atoms with Gasteiger partial charge in [0.05, 0.1) is 12.6 Å². The number of carbonyl (C=O) groups is 2. The number of pyridine rings is 1. The van der Waals surface area contributed by atoms with Gasteiger partial charge in [0.25, 0.3) is 5.88 Å². The molecule has 2 rings (SSSR count). The zero-order chi connectivity index (χ0) is 17.5. The number of hydrogen-bond donors (Lipinski definition) is 3. The third-order valence-electron chi connectivity index (χ3n) is 3.88. The molecule has 2 amide bonds. The van der Waals surface area contributed by atoms with Gasteiger partial charge in [0, 0.05) is 12.3 Å². The summed E-state index contributed by atoms with van der Waals surface area (Å²) in [7, 11) is 0. The molecule has 1 atom stereocenters. The predicted molar refractivity (Wildman–Crippen MR) is 85.8 cm³/mol. The van der Waals surface area contributed by atoms with Crippen LogP contribution in [0.1, 0.15) is 39.0 Å². The minimum Gasteiger partial charge on any atom is -0.501 e. The van der Waals surface area contributed by atoms with E-state index in [4.69, 9.17) is 15.2 Å². The van der Waals surface area contributed by atoms with Crippen LogP contribution in [-0.2, 0) is 4.79 Å². The summed E-state index contributed by atoms with van der Waals surface area (Å²) in [4.78, 5) is 26.7. The zero-order valence-electron chi connectivity index (χ0n) is 13.7. The number of hydrogen-bond acceptors (Lipinski definition) is 7. The second-order valence-electron chi connectivity index (χ2n) is 5.95. The second kappa shape index (κ2) is 8.49. The number of nitrogens with one attached hydrogen (secondary N) is 1. The van der Waals surface area contributed by atoms with Crippen molar-refractivity contribution in [3.63, 3.8) is 0 Å². The van der Waals surface area contributed by atoms with E-state index in [0.29, 0.717) is 12.5 Å². The lowest BCUT2D eigenvalue weighted by atomic mass is 9.90. The third-order valence-corrected chi connectivity index (χ3v) is 3.88. The number of amides is 2. The van der Waals surface area contributed by atoms with Gasteiger partial charge in [-0.25, -0.2) is 9.78 Å². The molecule has 1 aliphatic carbocycles. The Morgan fingerprint density at radius 1 is 1.42 bits per heavy atom. The summed E-state index contributed by atoms with van der Waals surface area (Å²) in [5, 5.41) is 12.0. The summed E-state index contributed by atoms with van der Waals surface area (Å²) < 4.78 is 10.5. The van der Waals surface area contributed by atoms with Crippen LogP contribution < -0.4 is 20.5 Å². The molecule has 1 aromatic rings. The van der Waals surface area contributed by atoms with Gasteiger partial charge in [0.15, 0.2) is 5.75 Å². The van der Waals surface area contributed by atoms with Crippen molar-refractivity contribution in [3.8, 4) is 17.4 Å². The summed E-state index contributed by atoms with van der Waals surface area (Å²) >= 11 is 0. The minimum atomic E-state index is -1.07. The average Bonchev–Trinajstić information content (AvgIpc) is 2.56. The van der Waals surface area contributed by atoms with Crippen LogP contribution in [0.2, 0.25) is 0 Å². The molecule has 0 bridgehead atoms. The summed E-state index contributed by atoms with van der Waals surface area (Å²) in [5.41, 5.74) is 5.34. The molecule has 8 heteroatoms. The lowest BCUT2D eigenvalue weighted by Crippen LogP contribution is -2.42. The molecule has 1 aromatic heterocycles. The SMILES string of the molecule is C[C@H](N)C(=O)NC(=O)Oc1nccc(OCC2CCCCC2)c1O. The van der Waals surface area contributed by atoms with E-state index in [1.807, 2.05) is 5.32 Å². The highest BCUT2D eigenvalue weighted by Crippen LogP contribution is 2.34. The van der Waals surface area contributed by atoms with E-state index in [0.717, 1.165) is 12.8 Å². The van der Waals surface area contributed by atoms with E-state index in [1.54, 1.807) is 0 Å². The fraction of sp³-hybridized carbons (Fsp3) is 0.562. The molecule has 1 saturated carbocycles. The van der Waals surface area contributed by atoms with E-state index < -0.39 is 18.0 Å². The van der Waals surface area contributed by atoms with E-state index in [1.165, 1.54) is 38.4 Å². The minimum absolute atomic E-state index is 0.192. The topological polar surface area (TPSA) is 124 Å². The molecule has 0 aliphatic heterocycles. The Kier molecular flexibility index (Phi) is 6.36. The molecule has 132 valence electrons. The molecule has 24 heavy (non-hydrogen) atoms. The zero-order valence-corrected chi connectivity index (χ0v) is 13.7. The summed E-state index contributed by atoms with van der Waals surface area (Å²) in [6, 6.07) is 0.639. The molecular weight excluding hydrogens is 314 g/mol. The molecule has 1 aliphatic rings. The Balaban J connectivity index is 1.94. The maximum atomic E-state index is 11.6. The van der Waals surface area contributed by atoms with Gasteiger partial charge in [-0.15, -0.1) is 0 Å². The highest BCUT2D eigenvalue weighted by molar-refractivity contribution is 5.95. The fourth-order valence-electron chi connectivity index (χ4n) is 2.50. The van der Waals surface area contributed by atoms with Gasteiger partial charge in [-0.1, -0.05) is 19.3 Å². The number of nitrogens with two attached hydrogens (primary N) is 1. The Morgan fingerprint density at radius 2 is 2.12 bits per heavy atom. The average molecular weight is 337 g/mol. The predicted octanol–water partition coefficient (Wildman–Crippen LogP) is 1.71. The monoisotopic (exact) mass is 337 g/mol. The second-order valence-corrected chi connectivity index (χ2v) is 5.95. The summed E-state index contributed by atoms with van der Waals surface area (Å²) in [6.45, 7) is 1.92. The first-order valence-corrected chi connectivity index (χ1v) is 8.06. The van der Waals surface area contributed by atoms with Gasteiger partial charge in [0.1, 0.15) is 0 Å².